The third-order valence-corrected chi connectivity index (χ3v) is 2.48. The van der Waals surface area contributed by atoms with E-state index in [1.165, 1.54) is 0 Å². The van der Waals surface area contributed by atoms with Crippen LogP contribution in [0.25, 0.3) is 11.0 Å². The number of fused-ring (bicyclic) bond motifs is 1. The summed E-state index contributed by atoms with van der Waals surface area (Å²) in [5, 5.41) is 26.6. The Morgan fingerprint density at radius 1 is 1.56 bits per heavy atom. The third kappa shape index (κ3) is 2.18. The molecule has 0 amide bonds. The Kier molecular flexibility index (Phi) is 3.54. The van der Waals surface area contributed by atoms with Crippen molar-refractivity contribution in [2.24, 2.45) is 0 Å². The van der Waals surface area contributed by atoms with Gasteiger partial charge in [-0.3, -0.25) is 5.10 Å². The van der Waals surface area contributed by atoms with Crippen LogP contribution in [-0.2, 0) is 9.53 Å². The Hall–Kier alpha value is -1.99. The summed E-state index contributed by atoms with van der Waals surface area (Å²) in [7, 11) is 0. The van der Waals surface area contributed by atoms with Gasteiger partial charge in [-0.05, 0) is 19.1 Å². The van der Waals surface area contributed by atoms with Crippen molar-refractivity contribution in [3.63, 3.8) is 0 Å². The molecule has 18 heavy (non-hydrogen) atoms. The molecule has 96 valence electrons. The van der Waals surface area contributed by atoms with Crippen molar-refractivity contribution in [2.75, 3.05) is 6.61 Å². The van der Waals surface area contributed by atoms with Crippen LogP contribution in [-0.4, -0.2) is 44.1 Å². The van der Waals surface area contributed by atoms with Crippen LogP contribution in [0.3, 0.4) is 0 Å². The maximum atomic E-state index is 11.3. The van der Waals surface area contributed by atoms with Crippen LogP contribution in [0.2, 0.25) is 0 Å². The van der Waals surface area contributed by atoms with E-state index in [0.29, 0.717) is 11.0 Å². The van der Waals surface area contributed by atoms with E-state index in [0.717, 1.165) is 0 Å². The number of aromatic nitrogens is 3. The molecule has 0 aliphatic carbocycles. The number of rotatable bonds is 4. The molecule has 0 aliphatic heterocycles. The van der Waals surface area contributed by atoms with Crippen LogP contribution < -0.4 is 0 Å². The number of pyridine rings is 1. The number of esters is 1. The van der Waals surface area contributed by atoms with E-state index in [2.05, 4.69) is 19.9 Å². The van der Waals surface area contributed by atoms with Crippen molar-refractivity contribution >= 4 is 17.0 Å². The second-order valence-electron chi connectivity index (χ2n) is 3.65. The van der Waals surface area contributed by atoms with Gasteiger partial charge in [0.1, 0.15) is 6.10 Å². The largest absolute Gasteiger partial charge is 0.464 e. The first-order chi connectivity index (χ1) is 8.65. The average molecular weight is 251 g/mol. The number of hydrogen-bond donors (Lipinski definition) is 3. The van der Waals surface area contributed by atoms with Crippen molar-refractivity contribution < 1.29 is 19.7 Å². The first kappa shape index (κ1) is 12.5. The second-order valence-corrected chi connectivity index (χ2v) is 3.65. The van der Waals surface area contributed by atoms with Gasteiger partial charge in [0, 0.05) is 11.6 Å². The highest BCUT2D eigenvalue weighted by molar-refractivity contribution is 5.80. The van der Waals surface area contributed by atoms with Gasteiger partial charge in [-0.15, -0.1) is 0 Å². The quantitative estimate of drug-likeness (QED) is 0.656. The molecule has 2 rings (SSSR count). The smallest absolute Gasteiger partial charge is 0.338 e. The van der Waals surface area contributed by atoms with E-state index >= 15 is 0 Å². The topological polar surface area (TPSA) is 108 Å². The molecule has 0 radical (unpaired) electrons. The summed E-state index contributed by atoms with van der Waals surface area (Å²) in [5.41, 5.74) is 0.640. The molecule has 2 atom stereocenters. The zero-order valence-electron chi connectivity index (χ0n) is 9.70. The van der Waals surface area contributed by atoms with Crippen LogP contribution in [0.1, 0.15) is 18.7 Å². The standard InChI is InChI=1S/C11H13N3O4/c1-2-18-11(17)9(16)8(15)7-6-4-3-5-12-10(6)14-13-7/h3-5,8-9,15-16H,2H2,1H3,(H,12,13,14). The van der Waals surface area contributed by atoms with E-state index in [4.69, 9.17) is 0 Å². The molecule has 7 nitrogen and oxygen atoms in total. The molecule has 0 aromatic carbocycles. The molecule has 7 heteroatoms. The lowest BCUT2D eigenvalue weighted by molar-refractivity contribution is -0.159. The minimum Gasteiger partial charge on any atom is -0.464 e. The van der Waals surface area contributed by atoms with Gasteiger partial charge in [-0.2, -0.15) is 5.10 Å². The Bertz CT molecular complexity index is 554. The summed E-state index contributed by atoms with van der Waals surface area (Å²) in [4.78, 5) is 15.3. The summed E-state index contributed by atoms with van der Waals surface area (Å²) in [6.07, 6.45) is -1.53. The van der Waals surface area contributed by atoms with Gasteiger partial charge in [-0.1, -0.05) is 0 Å². The lowest BCUT2D eigenvalue weighted by Gasteiger charge is -2.15. The maximum absolute atomic E-state index is 11.3. The summed E-state index contributed by atoms with van der Waals surface area (Å²) >= 11 is 0. The second kappa shape index (κ2) is 5.11. The molecule has 3 N–H and O–H groups in total. The van der Waals surface area contributed by atoms with E-state index < -0.39 is 18.2 Å². The lowest BCUT2D eigenvalue weighted by atomic mass is 10.1. The molecule has 0 spiro atoms. The van der Waals surface area contributed by atoms with Crippen LogP contribution >= 0.6 is 0 Å². The predicted molar refractivity (Wildman–Crippen MR) is 61.5 cm³/mol. The number of aliphatic hydroxyl groups excluding tert-OH is 2. The van der Waals surface area contributed by atoms with Crippen molar-refractivity contribution in [3.8, 4) is 0 Å². The van der Waals surface area contributed by atoms with Crippen molar-refractivity contribution in [3.05, 3.63) is 24.0 Å². The van der Waals surface area contributed by atoms with Crippen LogP contribution in [0.15, 0.2) is 18.3 Å². The molecule has 0 saturated heterocycles. The minimum atomic E-state index is -1.66. The summed E-state index contributed by atoms with van der Waals surface area (Å²) < 4.78 is 4.64. The minimum absolute atomic E-state index is 0.133. The summed E-state index contributed by atoms with van der Waals surface area (Å²) in [6, 6.07) is 3.35. The molecule has 2 unspecified atom stereocenters. The van der Waals surface area contributed by atoms with Crippen molar-refractivity contribution in [1.29, 1.82) is 0 Å². The fraction of sp³-hybridized carbons (Fsp3) is 0.364. The number of carbonyl (C=O) groups excluding carboxylic acids is 1. The highest BCUT2D eigenvalue weighted by atomic mass is 16.5. The van der Waals surface area contributed by atoms with Gasteiger partial charge in [0.15, 0.2) is 11.8 Å². The predicted octanol–water partition coefficient (Wildman–Crippen LogP) is -0.0847. The van der Waals surface area contributed by atoms with E-state index in [9.17, 15) is 15.0 Å². The lowest BCUT2D eigenvalue weighted by Crippen LogP contribution is -2.30. The molecule has 0 bridgehead atoms. The van der Waals surface area contributed by atoms with E-state index in [-0.39, 0.29) is 12.3 Å². The molecular formula is C11H13N3O4. The number of carbonyl (C=O) groups is 1. The zero-order valence-corrected chi connectivity index (χ0v) is 9.70. The SMILES string of the molecule is CCOC(=O)C(O)C(O)c1[nH]nc2ncccc12. The number of nitrogens with zero attached hydrogens (tertiary/aromatic N) is 2. The first-order valence-electron chi connectivity index (χ1n) is 5.47. The zero-order chi connectivity index (χ0) is 13.1. The van der Waals surface area contributed by atoms with Gasteiger partial charge in [0.05, 0.1) is 12.3 Å². The number of ether oxygens (including phenoxy) is 1. The Morgan fingerprint density at radius 2 is 2.33 bits per heavy atom. The highest BCUT2D eigenvalue weighted by Crippen LogP contribution is 2.23. The van der Waals surface area contributed by atoms with Gasteiger partial charge in [0.2, 0.25) is 0 Å². The van der Waals surface area contributed by atoms with E-state index in [1.807, 2.05) is 0 Å². The number of hydrogen-bond acceptors (Lipinski definition) is 6. The van der Waals surface area contributed by atoms with Gasteiger partial charge < -0.3 is 14.9 Å². The number of H-pyrrole nitrogens is 1. The van der Waals surface area contributed by atoms with Gasteiger partial charge in [-0.25, -0.2) is 9.78 Å². The summed E-state index contributed by atoms with van der Waals surface area (Å²) in [5.74, 6) is -0.878. The molecule has 0 fully saturated rings. The Labute approximate surface area is 102 Å². The maximum Gasteiger partial charge on any atom is 0.338 e. The van der Waals surface area contributed by atoms with Gasteiger partial charge >= 0.3 is 5.97 Å². The number of aromatic amines is 1. The molecule has 2 heterocycles. The van der Waals surface area contributed by atoms with Crippen molar-refractivity contribution in [2.45, 2.75) is 19.1 Å². The van der Waals surface area contributed by atoms with Crippen molar-refractivity contribution in [1.82, 2.24) is 15.2 Å². The Balaban J connectivity index is 2.28. The Morgan fingerprint density at radius 3 is 3.06 bits per heavy atom. The van der Waals surface area contributed by atoms with E-state index in [1.54, 1.807) is 25.3 Å². The molecule has 2 aromatic rings. The monoisotopic (exact) mass is 251 g/mol. The first-order valence-corrected chi connectivity index (χ1v) is 5.47. The normalized spacial score (nSPS) is 14.4. The molecule has 0 saturated carbocycles. The average Bonchev–Trinajstić information content (AvgIpc) is 2.81. The van der Waals surface area contributed by atoms with Crippen LogP contribution in [0.5, 0.6) is 0 Å². The van der Waals surface area contributed by atoms with Crippen LogP contribution in [0, 0.1) is 0 Å². The molecule has 0 aliphatic rings. The third-order valence-electron chi connectivity index (χ3n) is 2.48. The van der Waals surface area contributed by atoms with Gasteiger partial charge in [0.25, 0.3) is 0 Å². The molecular weight excluding hydrogens is 238 g/mol. The summed E-state index contributed by atoms with van der Waals surface area (Å²) in [6.45, 7) is 1.75. The fourth-order valence-electron chi connectivity index (χ4n) is 1.61. The molecule has 2 aromatic heterocycles. The van der Waals surface area contributed by atoms with Crippen LogP contribution in [0.4, 0.5) is 0 Å². The number of nitrogens with one attached hydrogen (secondary N) is 1. The fourth-order valence-corrected chi connectivity index (χ4v) is 1.61. The highest BCUT2D eigenvalue weighted by Gasteiger charge is 2.29. The number of aliphatic hydroxyl groups is 2.